The number of nitrogens with one attached hydrogen (secondary N) is 3. The van der Waals surface area contributed by atoms with E-state index in [0.29, 0.717) is 16.8 Å². The number of aromatic nitrogens is 3. The van der Waals surface area contributed by atoms with Crippen LogP contribution in [0, 0.1) is 6.92 Å². The maximum absolute atomic E-state index is 11.6. The molecule has 0 radical (unpaired) electrons. The van der Waals surface area contributed by atoms with Crippen LogP contribution >= 0.6 is 0 Å². The van der Waals surface area contributed by atoms with Gasteiger partial charge in [-0.05, 0) is 42.8 Å². The highest BCUT2D eigenvalue weighted by molar-refractivity contribution is 5.94. The summed E-state index contributed by atoms with van der Waals surface area (Å²) in [6.07, 6.45) is 1.24. The number of rotatable bonds is 6. The fraction of sp³-hybridized carbons (Fsp3) is 0.143. The Labute approximate surface area is 176 Å². The molecule has 0 aliphatic heterocycles. The number of carboxylic acids is 1. The maximum atomic E-state index is 11.6. The third-order valence-corrected chi connectivity index (χ3v) is 4.65. The number of aromatic carboxylic acids is 1. The molecule has 2 heterocycles. The molecule has 0 atom stereocenters. The highest BCUT2D eigenvalue weighted by atomic mass is 16.4. The minimum atomic E-state index is -1.17. The van der Waals surface area contributed by atoms with Crippen molar-refractivity contribution in [2.45, 2.75) is 6.92 Å². The first kappa shape index (κ1) is 20.0. The third-order valence-electron chi connectivity index (χ3n) is 4.65. The lowest BCUT2D eigenvalue weighted by Gasteiger charge is -2.17. The van der Waals surface area contributed by atoms with Gasteiger partial charge >= 0.3 is 11.7 Å². The topological polar surface area (TPSA) is 136 Å². The summed E-state index contributed by atoms with van der Waals surface area (Å²) in [5.74, 6) is -1.40. The normalized spacial score (nSPS) is 10.8. The zero-order valence-electron chi connectivity index (χ0n) is 17.1. The molecule has 0 aliphatic rings. The number of hydrogen-bond acceptors (Lipinski definition) is 8. The van der Waals surface area contributed by atoms with Crippen LogP contribution in [-0.2, 0) is 0 Å². The fourth-order valence-electron chi connectivity index (χ4n) is 3.16. The van der Waals surface area contributed by atoms with Gasteiger partial charge in [-0.15, -0.1) is 0 Å². The van der Waals surface area contributed by atoms with Gasteiger partial charge in [0.1, 0.15) is 5.56 Å². The summed E-state index contributed by atoms with van der Waals surface area (Å²) >= 11 is 0. The Balaban J connectivity index is 1.67. The molecule has 31 heavy (non-hydrogen) atoms. The number of hydrogen-bond donors (Lipinski definition) is 4. The first-order chi connectivity index (χ1) is 14.8. The van der Waals surface area contributed by atoms with Crippen LogP contribution in [0.4, 0.5) is 28.8 Å². The van der Waals surface area contributed by atoms with Gasteiger partial charge in [-0.2, -0.15) is 4.98 Å². The molecule has 0 unspecified atom stereocenters. The van der Waals surface area contributed by atoms with E-state index in [1.54, 1.807) is 18.2 Å². The number of carboxylic acid groups (broad SMARTS) is 1. The van der Waals surface area contributed by atoms with Gasteiger partial charge in [0.2, 0.25) is 5.95 Å². The van der Waals surface area contributed by atoms with Crippen LogP contribution in [0.2, 0.25) is 0 Å². The second-order valence-corrected chi connectivity index (χ2v) is 7.13. The third kappa shape index (κ3) is 4.17. The molecule has 0 aliphatic carbocycles. The Morgan fingerprint density at radius 1 is 1.13 bits per heavy atom. The monoisotopic (exact) mass is 420 g/mol. The number of nitrogens with zero attached hydrogens (tertiary/aromatic N) is 3. The van der Waals surface area contributed by atoms with Crippen molar-refractivity contribution in [3.63, 3.8) is 0 Å². The lowest BCUT2D eigenvalue weighted by molar-refractivity contribution is 0.0697. The molecule has 0 bridgehead atoms. The van der Waals surface area contributed by atoms with Crippen LogP contribution in [0.3, 0.4) is 0 Å². The summed E-state index contributed by atoms with van der Waals surface area (Å²) in [6, 6.07) is 10.7. The number of aryl methyl sites for hydroxylation is 1. The van der Waals surface area contributed by atoms with E-state index in [1.165, 1.54) is 6.20 Å². The molecule has 0 amide bonds. The smallest absolute Gasteiger partial charge is 0.417 e. The zero-order chi connectivity index (χ0) is 22.1. The van der Waals surface area contributed by atoms with Gasteiger partial charge in [-0.1, -0.05) is 6.07 Å². The van der Waals surface area contributed by atoms with Crippen LogP contribution < -0.4 is 21.3 Å². The molecular formula is C21H20N6O4. The fourth-order valence-corrected chi connectivity index (χ4v) is 3.16. The Morgan fingerprint density at radius 2 is 1.87 bits per heavy atom. The first-order valence-electron chi connectivity index (χ1n) is 9.35. The predicted octanol–water partition coefficient (Wildman–Crippen LogP) is 3.47. The lowest BCUT2D eigenvalue weighted by Crippen LogP contribution is -2.11. The molecule has 0 fully saturated rings. The van der Waals surface area contributed by atoms with Crippen molar-refractivity contribution in [2.24, 2.45) is 0 Å². The molecule has 2 aromatic heterocycles. The van der Waals surface area contributed by atoms with Crippen LogP contribution in [0.15, 0.2) is 51.8 Å². The summed E-state index contributed by atoms with van der Waals surface area (Å²) in [6.45, 7) is 2.02. The van der Waals surface area contributed by atoms with Crippen molar-refractivity contribution in [1.29, 1.82) is 0 Å². The number of oxazole rings is 1. The highest BCUT2D eigenvalue weighted by Crippen LogP contribution is 2.26. The van der Waals surface area contributed by atoms with E-state index in [9.17, 15) is 14.7 Å². The molecule has 4 aromatic rings. The Morgan fingerprint density at radius 3 is 2.61 bits per heavy atom. The van der Waals surface area contributed by atoms with Crippen molar-refractivity contribution in [3.05, 3.63) is 64.3 Å². The average Bonchev–Trinajstić information content (AvgIpc) is 3.08. The molecule has 0 spiro atoms. The zero-order valence-corrected chi connectivity index (χ0v) is 17.1. The molecule has 10 nitrogen and oxygen atoms in total. The number of anilines is 5. The van der Waals surface area contributed by atoms with E-state index in [1.807, 2.05) is 44.1 Å². The summed E-state index contributed by atoms with van der Waals surface area (Å²) in [7, 11) is 3.91. The van der Waals surface area contributed by atoms with E-state index >= 15 is 0 Å². The standard InChI is InChI=1S/C21H20N6O4/c1-11-4-5-13(9-16(11)27(2)3)24-20-22-10-14(19(28)29)18(26-20)23-12-6-7-17-15(8-12)25-21(30)31-17/h4-10H,1-3H3,(H,25,30)(H,28,29)(H2,22,23,24,26). The minimum absolute atomic E-state index is 0.0933. The first-order valence-corrected chi connectivity index (χ1v) is 9.35. The molecular weight excluding hydrogens is 400 g/mol. The lowest BCUT2D eigenvalue weighted by atomic mass is 10.1. The van der Waals surface area contributed by atoms with Crippen LogP contribution in [0.1, 0.15) is 15.9 Å². The quantitative estimate of drug-likeness (QED) is 0.369. The molecule has 4 rings (SSSR count). The summed E-state index contributed by atoms with van der Waals surface area (Å²) in [5.41, 5.74) is 4.23. The van der Waals surface area contributed by atoms with Crippen LogP contribution in [-0.4, -0.2) is 40.1 Å². The van der Waals surface area contributed by atoms with Gasteiger partial charge < -0.3 is 25.1 Å². The van der Waals surface area contributed by atoms with E-state index in [4.69, 9.17) is 4.42 Å². The van der Waals surface area contributed by atoms with Gasteiger partial charge in [0.05, 0.1) is 5.52 Å². The van der Waals surface area contributed by atoms with Gasteiger partial charge in [-0.25, -0.2) is 14.6 Å². The molecule has 0 saturated heterocycles. The SMILES string of the molecule is Cc1ccc(Nc2ncc(C(=O)O)c(Nc3ccc4oc(=O)[nH]c4c3)n2)cc1N(C)C. The number of fused-ring (bicyclic) bond motifs is 1. The van der Waals surface area contributed by atoms with Crippen molar-refractivity contribution >= 4 is 45.9 Å². The molecule has 10 heteroatoms. The summed E-state index contributed by atoms with van der Waals surface area (Å²) < 4.78 is 4.98. The van der Waals surface area contributed by atoms with Crippen LogP contribution in [0.5, 0.6) is 0 Å². The average molecular weight is 420 g/mol. The van der Waals surface area contributed by atoms with Crippen LogP contribution in [0.25, 0.3) is 11.1 Å². The Hall–Kier alpha value is -4.34. The Kier molecular flexibility index (Phi) is 5.04. The highest BCUT2D eigenvalue weighted by Gasteiger charge is 2.15. The Bertz CT molecular complexity index is 1340. The summed E-state index contributed by atoms with van der Waals surface area (Å²) in [4.78, 5) is 36.0. The predicted molar refractivity (Wildman–Crippen MR) is 118 cm³/mol. The van der Waals surface area contributed by atoms with Crippen molar-refractivity contribution < 1.29 is 14.3 Å². The van der Waals surface area contributed by atoms with E-state index < -0.39 is 11.7 Å². The van der Waals surface area contributed by atoms with Crippen molar-refractivity contribution in [2.75, 3.05) is 29.6 Å². The number of carbonyl (C=O) groups is 1. The second kappa shape index (κ2) is 7.82. The number of benzene rings is 2. The van der Waals surface area contributed by atoms with E-state index in [0.717, 1.165) is 16.9 Å². The second-order valence-electron chi connectivity index (χ2n) is 7.13. The van der Waals surface area contributed by atoms with Gasteiger partial charge in [0.25, 0.3) is 0 Å². The van der Waals surface area contributed by atoms with Gasteiger partial charge in [-0.3, -0.25) is 4.98 Å². The minimum Gasteiger partial charge on any atom is -0.477 e. The largest absolute Gasteiger partial charge is 0.477 e. The molecule has 158 valence electrons. The van der Waals surface area contributed by atoms with Gasteiger partial charge in [0.15, 0.2) is 11.4 Å². The van der Waals surface area contributed by atoms with Crippen molar-refractivity contribution in [1.82, 2.24) is 15.0 Å². The summed E-state index contributed by atoms with van der Waals surface area (Å²) in [5, 5.41) is 15.6. The molecule has 4 N–H and O–H groups in total. The maximum Gasteiger partial charge on any atom is 0.417 e. The van der Waals surface area contributed by atoms with E-state index in [2.05, 4.69) is 25.6 Å². The number of aromatic amines is 1. The molecule has 0 saturated carbocycles. The molecule has 2 aromatic carbocycles. The number of H-pyrrole nitrogens is 1. The van der Waals surface area contributed by atoms with Gasteiger partial charge in [0, 0.05) is 37.4 Å². The van der Waals surface area contributed by atoms with E-state index in [-0.39, 0.29) is 17.3 Å². The van der Waals surface area contributed by atoms with Crippen molar-refractivity contribution in [3.8, 4) is 0 Å².